The van der Waals surface area contributed by atoms with E-state index in [4.69, 9.17) is 0 Å². The molecule has 2 aromatic heterocycles. The van der Waals surface area contributed by atoms with Crippen molar-refractivity contribution in [2.24, 2.45) is 0 Å². The number of hydrogen-bond donors (Lipinski definition) is 0. The summed E-state index contributed by atoms with van der Waals surface area (Å²) in [5.74, 6) is 0. The van der Waals surface area contributed by atoms with Crippen LogP contribution in [0.25, 0.3) is 44.2 Å². The first-order chi connectivity index (χ1) is 25.5. The van der Waals surface area contributed by atoms with Gasteiger partial charge in [-0.2, -0.15) is 0 Å². The van der Waals surface area contributed by atoms with Crippen LogP contribution in [-0.2, 0) is 5.41 Å². The maximum atomic E-state index is 2.64. The lowest BCUT2D eigenvalue weighted by Gasteiger charge is -2.42. The van der Waals surface area contributed by atoms with E-state index in [1.807, 2.05) is 0 Å². The predicted molar refractivity (Wildman–Crippen MR) is 220 cm³/mol. The van der Waals surface area contributed by atoms with Crippen LogP contribution >= 0.6 is 0 Å². The summed E-state index contributed by atoms with van der Waals surface area (Å²) >= 11 is 0. The molecule has 0 saturated carbocycles. The van der Waals surface area contributed by atoms with Gasteiger partial charge < -0.3 is 14.0 Å². The van der Waals surface area contributed by atoms with Crippen LogP contribution in [0, 0.1) is 6.92 Å². The molecule has 2 aliphatic rings. The number of anilines is 3. The Morgan fingerprint density at radius 1 is 0.538 bits per heavy atom. The zero-order valence-electron chi connectivity index (χ0n) is 29.5. The molecular weight excluding hydrogens is 629 g/mol. The standard InChI is InChI=1S/C48H36BN3/c1-31-29-37-44-42(30-31)52-45-35-23-13-16-26-40(35)51(34-21-11-6-12-22-34)47(45)43-41(50(32-17-7-4-8-18-32)33-19-9-5-10-20-33)28-27-39(46(43)52)49(44)38-25-15-14-24-36(38)48(37,2)3/h4-30H,1-3H3. The van der Waals surface area contributed by atoms with Crippen LogP contribution in [0.3, 0.4) is 0 Å². The second kappa shape index (κ2) is 10.6. The van der Waals surface area contributed by atoms with E-state index in [-0.39, 0.29) is 12.1 Å². The molecule has 246 valence electrons. The molecule has 7 aromatic carbocycles. The van der Waals surface area contributed by atoms with Crippen LogP contribution in [0.5, 0.6) is 0 Å². The second-order valence-corrected chi connectivity index (χ2v) is 15.0. The van der Waals surface area contributed by atoms with Crippen molar-refractivity contribution in [1.82, 2.24) is 9.13 Å². The normalized spacial score (nSPS) is 13.8. The zero-order chi connectivity index (χ0) is 34.7. The average Bonchev–Trinajstić information content (AvgIpc) is 3.70. The van der Waals surface area contributed by atoms with Crippen molar-refractivity contribution in [3.8, 4) is 11.4 Å². The van der Waals surface area contributed by atoms with E-state index in [0.29, 0.717) is 0 Å². The predicted octanol–water partition coefficient (Wildman–Crippen LogP) is 9.97. The molecule has 4 heteroatoms. The van der Waals surface area contributed by atoms with Gasteiger partial charge in [-0.1, -0.05) is 129 Å². The smallest absolute Gasteiger partial charge is 0.247 e. The van der Waals surface area contributed by atoms with E-state index in [9.17, 15) is 0 Å². The summed E-state index contributed by atoms with van der Waals surface area (Å²) in [6.07, 6.45) is 0. The van der Waals surface area contributed by atoms with Crippen LogP contribution in [0.2, 0.25) is 0 Å². The molecule has 0 fully saturated rings. The lowest BCUT2D eigenvalue weighted by molar-refractivity contribution is 0.645. The number of para-hydroxylation sites is 4. The number of aryl methyl sites for hydroxylation is 1. The van der Waals surface area contributed by atoms with E-state index in [0.717, 1.165) is 17.1 Å². The van der Waals surface area contributed by atoms with Gasteiger partial charge in [0.2, 0.25) is 6.71 Å². The Labute approximate surface area is 304 Å². The number of aromatic nitrogens is 2. The Morgan fingerprint density at radius 3 is 1.90 bits per heavy atom. The third kappa shape index (κ3) is 3.81. The van der Waals surface area contributed by atoms with Crippen molar-refractivity contribution in [2.75, 3.05) is 4.90 Å². The molecule has 0 aliphatic carbocycles. The van der Waals surface area contributed by atoms with Crippen molar-refractivity contribution in [1.29, 1.82) is 0 Å². The van der Waals surface area contributed by atoms with Crippen molar-refractivity contribution < 1.29 is 0 Å². The van der Waals surface area contributed by atoms with Crippen molar-refractivity contribution in [2.45, 2.75) is 26.2 Å². The molecule has 0 unspecified atom stereocenters. The maximum absolute atomic E-state index is 2.64. The van der Waals surface area contributed by atoms with Gasteiger partial charge in [-0.3, -0.25) is 0 Å². The molecule has 3 nitrogen and oxygen atoms in total. The summed E-state index contributed by atoms with van der Waals surface area (Å²) in [5, 5.41) is 2.51. The van der Waals surface area contributed by atoms with Crippen LogP contribution < -0.4 is 21.3 Å². The minimum atomic E-state index is -0.137. The van der Waals surface area contributed by atoms with Gasteiger partial charge in [0.15, 0.2) is 0 Å². The third-order valence-electron chi connectivity index (χ3n) is 11.8. The second-order valence-electron chi connectivity index (χ2n) is 15.0. The number of nitrogens with zero attached hydrogens (tertiary/aromatic N) is 3. The third-order valence-corrected chi connectivity index (χ3v) is 11.8. The van der Waals surface area contributed by atoms with Gasteiger partial charge in [0.05, 0.1) is 27.8 Å². The molecule has 9 aromatic rings. The Bertz CT molecular complexity index is 2840. The molecule has 0 saturated heterocycles. The number of benzene rings is 7. The van der Waals surface area contributed by atoms with Gasteiger partial charge in [-0.05, 0) is 89.1 Å². The molecule has 52 heavy (non-hydrogen) atoms. The minimum Gasteiger partial charge on any atom is -0.310 e. The Balaban J connectivity index is 1.40. The topological polar surface area (TPSA) is 13.1 Å². The van der Waals surface area contributed by atoms with E-state index in [1.54, 1.807) is 0 Å². The molecule has 11 rings (SSSR count). The lowest BCUT2D eigenvalue weighted by atomic mass is 9.30. The quantitative estimate of drug-likeness (QED) is 0.171. The Kier molecular flexibility index (Phi) is 6.03. The highest BCUT2D eigenvalue weighted by Crippen LogP contribution is 2.48. The summed E-state index contributed by atoms with van der Waals surface area (Å²) < 4.78 is 5.16. The van der Waals surface area contributed by atoms with Gasteiger partial charge >= 0.3 is 0 Å². The first kappa shape index (κ1) is 29.5. The lowest BCUT2D eigenvalue weighted by Crippen LogP contribution is -2.63. The van der Waals surface area contributed by atoms with E-state index >= 15 is 0 Å². The summed E-state index contributed by atoms with van der Waals surface area (Å²) in [4.78, 5) is 2.45. The largest absolute Gasteiger partial charge is 0.310 e. The number of fused-ring (bicyclic) bond motifs is 9. The highest BCUT2D eigenvalue weighted by atomic mass is 15.2. The van der Waals surface area contributed by atoms with Gasteiger partial charge in [-0.15, -0.1) is 0 Å². The molecular formula is C48H36BN3. The summed E-state index contributed by atoms with van der Waals surface area (Å²) in [6.45, 7) is 7.22. The van der Waals surface area contributed by atoms with Gasteiger partial charge in [0.1, 0.15) is 0 Å². The van der Waals surface area contributed by atoms with Gasteiger partial charge in [0, 0.05) is 38.9 Å². The Hall–Kier alpha value is -6.26. The summed E-state index contributed by atoms with van der Waals surface area (Å²) in [5.41, 5.74) is 19.1. The first-order valence-electron chi connectivity index (χ1n) is 18.3. The van der Waals surface area contributed by atoms with Crippen molar-refractivity contribution in [3.63, 3.8) is 0 Å². The molecule has 0 amide bonds. The monoisotopic (exact) mass is 665 g/mol. The fourth-order valence-corrected chi connectivity index (χ4v) is 9.67. The number of rotatable bonds is 4. The molecule has 2 aliphatic heterocycles. The van der Waals surface area contributed by atoms with Crippen LogP contribution in [-0.4, -0.2) is 15.8 Å². The molecule has 0 atom stereocenters. The van der Waals surface area contributed by atoms with E-state index < -0.39 is 0 Å². The summed E-state index contributed by atoms with van der Waals surface area (Å²) in [7, 11) is 0. The molecule has 0 N–H and O–H groups in total. The highest BCUT2D eigenvalue weighted by Gasteiger charge is 2.46. The molecule has 0 spiro atoms. The maximum Gasteiger partial charge on any atom is 0.247 e. The minimum absolute atomic E-state index is 0.122. The zero-order valence-corrected chi connectivity index (χ0v) is 29.5. The SMILES string of the molecule is Cc1cc2c3c(c1)C(C)(C)c1ccccc1B3c1ccc(N(c3ccccc3)c3ccccc3)c3c1n-2c1c2ccccc2n(-c2ccccc2)c31. The van der Waals surface area contributed by atoms with E-state index in [2.05, 4.69) is 199 Å². The van der Waals surface area contributed by atoms with Crippen LogP contribution in [0.1, 0.15) is 30.5 Å². The van der Waals surface area contributed by atoms with Crippen molar-refractivity contribution >= 4 is 73.0 Å². The fourth-order valence-electron chi connectivity index (χ4n) is 9.67. The van der Waals surface area contributed by atoms with Crippen molar-refractivity contribution in [3.05, 3.63) is 180 Å². The fraction of sp³-hybridized carbons (Fsp3) is 0.0833. The van der Waals surface area contributed by atoms with E-state index in [1.165, 1.54) is 77.3 Å². The first-order valence-corrected chi connectivity index (χ1v) is 18.3. The summed E-state index contributed by atoms with van der Waals surface area (Å²) in [6, 6.07) is 60.5. The van der Waals surface area contributed by atoms with Gasteiger partial charge in [0.25, 0.3) is 0 Å². The van der Waals surface area contributed by atoms with Crippen LogP contribution in [0.4, 0.5) is 17.1 Å². The highest BCUT2D eigenvalue weighted by molar-refractivity contribution is 6.99. The molecule has 0 radical (unpaired) electrons. The number of hydrogen-bond acceptors (Lipinski definition) is 1. The average molecular weight is 666 g/mol. The van der Waals surface area contributed by atoms with Crippen LogP contribution in [0.15, 0.2) is 164 Å². The molecule has 0 bridgehead atoms. The van der Waals surface area contributed by atoms with Gasteiger partial charge in [-0.25, -0.2) is 0 Å². The molecule has 4 heterocycles. The Morgan fingerprint density at radius 2 is 1.17 bits per heavy atom.